The van der Waals surface area contributed by atoms with E-state index in [9.17, 15) is 9.59 Å². The summed E-state index contributed by atoms with van der Waals surface area (Å²) < 4.78 is 0. The maximum absolute atomic E-state index is 12.4. The van der Waals surface area contributed by atoms with Crippen molar-refractivity contribution in [1.82, 2.24) is 15.5 Å². The van der Waals surface area contributed by atoms with Gasteiger partial charge in [-0.1, -0.05) is 17.7 Å². The van der Waals surface area contributed by atoms with E-state index < -0.39 is 6.04 Å². The first kappa shape index (κ1) is 13.8. The summed E-state index contributed by atoms with van der Waals surface area (Å²) in [5.41, 5.74) is 0.503. The number of amides is 2. The first-order valence-electron chi connectivity index (χ1n) is 6.12. The van der Waals surface area contributed by atoms with E-state index in [2.05, 4.69) is 10.6 Å². The molecule has 0 saturated carbocycles. The average Bonchev–Trinajstić information content (AvgIpc) is 2.45. The number of piperazine rings is 1. The van der Waals surface area contributed by atoms with E-state index in [-0.39, 0.29) is 11.8 Å². The number of carbonyl (C=O) groups is 2. The molecule has 1 atom stereocenters. The number of carbonyl (C=O) groups excluding carboxylic acids is 2. The predicted molar refractivity (Wildman–Crippen MR) is 73.2 cm³/mol. The van der Waals surface area contributed by atoms with Crippen LogP contribution in [0, 0.1) is 0 Å². The molecule has 1 aliphatic rings. The second kappa shape index (κ2) is 6.04. The van der Waals surface area contributed by atoms with Crippen LogP contribution in [0.1, 0.15) is 10.4 Å². The Balaban J connectivity index is 2.22. The van der Waals surface area contributed by atoms with Crippen LogP contribution in [0.15, 0.2) is 24.3 Å². The van der Waals surface area contributed by atoms with E-state index >= 15 is 0 Å². The van der Waals surface area contributed by atoms with Crippen molar-refractivity contribution in [2.75, 3.05) is 26.7 Å². The molecule has 5 nitrogen and oxygen atoms in total. The smallest absolute Gasteiger partial charge is 0.254 e. The van der Waals surface area contributed by atoms with E-state index in [1.807, 2.05) is 0 Å². The third-order valence-electron chi connectivity index (χ3n) is 3.12. The summed E-state index contributed by atoms with van der Waals surface area (Å²) in [6, 6.07) is 6.29. The molecule has 1 aliphatic heterocycles. The molecule has 0 spiro atoms. The Morgan fingerprint density at radius 2 is 2.26 bits per heavy atom. The number of nitrogens with zero attached hydrogens (tertiary/aromatic N) is 1. The fraction of sp³-hybridized carbons (Fsp3) is 0.385. The molecule has 19 heavy (non-hydrogen) atoms. The van der Waals surface area contributed by atoms with Crippen LogP contribution in [0.4, 0.5) is 0 Å². The number of benzene rings is 1. The molecule has 1 heterocycles. The molecular formula is C13H16ClN3O2. The molecule has 0 aromatic heterocycles. The largest absolute Gasteiger partial charge is 0.357 e. The van der Waals surface area contributed by atoms with Crippen molar-refractivity contribution in [3.05, 3.63) is 34.9 Å². The minimum Gasteiger partial charge on any atom is -0.357 e. The molecule has 0 bridgehead atoms. The van der Waals surface area contributed by atoms with E-state index in [0.29, 0.717) is 30.2 Å². The van der Waals surface area contributed by atoms with Crippen LogP contribution in [0.2, 0.25) is 5.02 Å². The Hall–Kier alpha value is -1.59. The lowest BCUT2D eigenvalue weighted by Crippen LogP contribution is -2.59. The first-order valence-corrected chi connectivity index (χ1v) is 6.50. The Kier molecular flexibility index (Phi) is 4.39. The number of rotatable bonds is 2. The molecule has 1 aromatic rings. The molecule has 102 valence electrons. The maximum Gasteiger partial charge on any atom is 0.254 e. The highest BCUT2D eigenvalue weighted by Gasteiger charge is 2.31. The van der Waals surface area contributed by atoms with Gasteiger partial charge in [0.05, 0.1) is 0 Å². The minimum absolute atomic E-state index is 0.164. The molecule has 1 unspecified atom stereocenters. The second-order valence-corrected chi connectivity index (χ2v) is 4.78. The highest BCUT2D eigenvalue weighted by Crippen LogP contribution is 2.15. The van der Waals surface area contributed by atoms with Crippen LogP contribution in [0.25, 0.3) is 0 Å². The fourth-order valence-corrected chi connectivity index (χ4v) is 2.33. The van der Waals surface area contributed by atoms with Crippen LogP contribution in [0.3, 0.4) is 0 Å². The van der Waals surface area contributed by atoms with Crippen molar-refractivity contribution in [2.45, 2.75) is 6.04 Å². The van der Waals surface area contributed by atoms with Gasteiger partial charge in [0.1, 0.15) is 6.04 Å². The van der Waals surface area contributed by atoms with Gasteiger partial charge in [-0.15, -0.1) is 0 Å². The van der Waals surface area contributed by atoms with Crippen LogP contribution in [-0.4, -0.2) is 49.4 Å². The van der Waals surface area contributed by atoms with Crippen molar-refractivity contribution < 1.29 is 9.59 Å². The van der Waals surface area contributed by atoms with Crippen LogP contribution < -0.4 is 10.6 Å². The number of hydrogen-bond donors (Lipinski definition) is 2. The van der Waals surface area contributed by atoms with Gasteiger partial charge >= 0.3 is 0 Å². The van der Waals surface area contributed by atoms with Crippen LogP contribution in [-0.2, 0) is 4.79 Å². The normalized spacial score (nSPS) is 19.1. The quantitative estimate of drug-likeness (QED) is 0.830. The zero-order chi connectivity index (χ0) is 13.8. The molecular weight excluding hydrogens is 266 g/mol. The Bertz CT molecular complexity index is 493. The average molecular weight is 282 g/mol. The zero-order valence-corrected chi connectivity index (χ0v) is 11.4. The Morgan fingerprint density at radius 3 is 2.95 bits per heavy atom. The SMILES string of the molecule is CNC(=O)C1CNCCN1C(=O)c1cccc(Cl)c1. The molecule has 2 N–H and O–H groups in total. The fourth-order valence-electron chi connectivity index (χ4n) is 2.14. The van der Waals surface area contributed by atoms with E-state index in [4.69, 9.17) is 11.6 Å². The molecule has 6 heteroatoms. The van der Waals surface area contributed by atoms with Gasteiger partial charge in [-0.05, 0) is 18.2 Å². The van der Waals surface area contributed by atoms with E-state index in [0.717, 1.165) is 0 Å². The number of likely N-dealkylation sites (N-methyl/N-ethyl adjacent to an activating group) is 1. The highest BCUT2D eigenvalue weighted by molar-refractivity contribution is 6.31. The maximum atomic E-state index is 12.4. The standard InChI is InChI=1S/C13H16ClN3O2/c1-15-12(18)11-8-16-5-6-17(11)13(19)9-3-2-4-10(14)7-9/h2-4,7,11,16H,5-6,8H2,1H3,(H,15,18). The molecule has 1 aromatic carbocycles. The molecule has 2 amide bonds. The highest BCUT2D eigenvalue weighted by atomic mass is 35.5. The van der Waals surface area contributed by atoms with Crippen molar-refractivity contribution in [2.24, 2.45) is 0 Å². The van der Waals surface area contributed by atoms with Gasteiger partial charge in [-0.3, -0.25) is 9.59 Å². The lowest BCUT2D eigenvalue weighted by atomic mass is 10.1. The van der Waals surface area contributed by atoms with Crippen molar-refractivity contribution in [3.8, 4) is 0 Å². The Labute approximate surface area is 116 Å². The van der Waals surface area contributed by atoms with Gasteiger partial charge in [-0.2, -0.15) is 0 Å². The lowest BCUT2D eigenvalue weighted by molar-refractivity contribution is -0.125. The zero-order valence-electron chi connectivity index (χ0n) is 10.6. The molecule has 1 fully saturated rings. The molecule has 1 saturated heterocycles. The van der Waals surface area contributed by atoms with Gasteiger partial charge in [0.25, 0.3) is 5.91 Å². The summed E-state index contributed by atoms with van der Waals surface area (Å²) in [4.78, 5) is 25.8. The molecule has 0 aliphatic carbocycles. The molecule has 2 rings (SSSR count). The van der Waals surface area contributed by atoms with Crippen molar-refractivity contribution in [3.63, 3.8) is 0 Å². The summed E-state index contributed by atoms with van der Waals surface area (Å²) in [5, 5.41) is 6.21. The lowest BCUT2D eigenvalue weighted by Gasteiger charge is -2.35. The van der Waals surface area contributed by atoms with Gasteiger partial charge in [0, 0.05) is 37.3 Å². The Morgan fingerprint density at radius 1 is 1.47 bits per heavy atom. The summed E-state index contributed by atoms with van der Waals surface area (Å²) in [5.74, 6) is -0.333. The van der Waals surface area contributed by atoms with Gasteiger partial charge in [0.2, 0.25) is 5.91 Å². The van der Waals surface area contributed by atoms with E-state index in [1.165, 1.54) is 0 Å². The van der Waals surface area contributed by atoms with Crippen LogP contribution >= 0.6 is 11.6 Å². The molecule has 0 radical (unpaired) electrons. The predicted octanol–water partition coefficient (Wildman–Crippen LogP) is 0.500. The van der Waals surface area contributed by atoms with Crippen LogP contribution in [0.5, 0.6) is 0 Å². The first-order chi connectivity index (χ1) is 9.13. The number of halogens is 1. The summed E-state index contributed by atoms with van der Waals surface area (Å²) in [6.07, 6.45) is 0. The van der Waals surface area contributed by atoms with Gasteiger partial charge in [0.15, 0.2) is 0 Å². The monoisotopic (exact) mass is 281 g/mol. The third-order valence-corrected chi connectivity index (χ3v) is 3.36. The van der Waals surface area contributed by atoms with Gasteiger partial charge < -0.3 is 15.5 Å². The van der Waals surface area contributed by atoms with E-state index in [1.54, 1.807) is 36.2 Å². The topological polar surface area (TPSA) is 61.4 Å². The third kappa shape index (κ3) is 3.05. The summed E-state index contributed by atoms with van der Waals surface area (Å²) in [6.45, 7) is 1.65. The summed E-state index contributed by atoms with van der Waals surface area (Å²) in [7, 11) is 1.57. The minimum atomic E-state index is -0.481. The summed E-state index contributed by atoms with van der Waals surface area (Å²) >= 11 is 5.89. The number of nitrogens with one attached hydrogen (secondary N) is 2. The van der Waals surface area contributed by atoms with Gasteiger partial charge in [-0.25, -0.2) is 0 Å². The second-order valence-electron chi connectivity index (χ2n) is 4.34. The number of hydrogen-bond acceptors (Lipinski definition) is 3. The van der Waals surface area contributed by atoms with Crippen molar-refractivity contribution in [1.29, 1.82) is 0 Å². The van der Waals surface area contributed by atoms with Crippen molar-refractivity contribution >= 4 is 23.4 Å².